The molecule has 1 N–H and O–H groups in total. The van der Waals surface area contributed by atoms with E-state index in [0.29, 0.717) is 13.2 Å². The van der Waals surface area contributed by atoms with Crippen LogP contribution in [-0.2, 0) is 20.4 Å². The molecule has 0 aliphatic carbocycles. The highest BCUT2D eigenvalue weighted by atomic mass is 19.4. The predicted octanol–water partition coefficient (Wildman–Crippen LogP) is 2.31. The van der Waals surface area contributed by atoms with Gasteiger partial charge in [0.2, 0.25) is 5.91 Å². The van der Waals surface area contributed by atoms with E-state index < -0.39 is 23.4 Å². The number of nitrogens with zero attached hydrogens (tertiary/aromatic N) is 1. The van der Waals surface area contributed by atoms with Gasteiger partial charge in [0.15, 0.2) is 5.79 Å². The highest BCUT2D eigenvalue weighted by molar-refractivity contribution is 5.84. The van der Waals surface area contributed by atoms with Crippen molar-refractivity contribution < 1.29 is 27.4 Å². The van der Waals surface area contributed by atoms with Crippen LogP contribution in [0.25, 0.3) is 0 Å². The SMILES string of the molecule is CC1(CC(=O)N/N=C\c2ccccc2C(F)(F)F)OCCO1. The summed E-state index contributed by atoms with van der Waals surface area (Å²) in [6, 6.07) is 4.96. The minimum absolute atomic E-state index is 0.0920. The first-order valence-corrected chi connectivity index (χ1v) is 6.56. The normalized spacial score (nSPS) is 17.8. The van der Waals surface area contributed by atoms with Gasteiger partial charge in [0, 0.05) is 5.56 Å². The summed E-state index contributed by atoms with van der Waals surface area (Å²) < 4.78 is 48.8. The summed E-state index contributed by atoms with van der Waals surface area (Å²) in [5.74, 6) is -1.52. The van der Waals surface area contributed by atoms with Crippen LogP contribution in [0.5, 0.6) is 0 Å². The third-order valence-corrected chi connectivity index (χ3v) is 3.04. The highest BCUT2D eigenvalue weighted by Crippen LogP contribution is 2.31. The Balaban J connectivity index is 1.97. The number of rotatable bonds is 4. The first-order chi connectivity index (χ1) is 10.3. The van der Waals surface area contributed by atoms with Crippen molar-refractivity contribution in [1.29, 1.82) is 0 Å². The number of carbonyl (C=O) groups excluding carboxylic acids is 1. The molecule has 0 spiro atoms. The van der Waals surface area contributed by atoms with Crippen molar-refractivity contribution in [2.75, 3.05) is 13.2 Å². The Morgan fingerprint density at radius 2 is 2.00 bits per heavy atom. The fourth-order valence-electron chi connectivity index (χ4n) is 2.03. The van der Waals surface area contributed by atoms with E-state index in [1.807, 2.05) is 0 Å². The van der Waals surface area contributed by atoms with E-state index in [-0.39, 0.29) is 12.0 Å². The molecule has 120 valence electrons. The number of hydrogen-bond acceptors (Lipinski definition) is 4. The number of carbonyl (C=O) groups is 1. The van der Waals surface area contributed by atoms with Gasteiger partial charge >= 0.3 is 6.18 Å². The first-order valence-electron chi connectivity index (χ1n) is 6.56. The molecule has 0 unspecified atom stereocenters. The maximum atomic E-state index is 12.8. The van der Waals surface area contributed by atoms with Crippen LogP contribution in [0.4, 0.5) is 13.2 Å². The van der Waals surface area contributed by atoms with Crippen molar-refractivity contribution in [3.8, 4) is 0 Å². The quantitative estimate of drug-likeness (QED) is 0.685. The van der Waals surface area contributed by atoms with Crippen LogP contribution in [-0.4, -0.2) is 31.1 Å². The summed E-state index contributed by atoms with van der Waals surface area (Å²) in [6.07, 6.45) is -3.61. The number of hydrogen-bond donors (Lipinski definition) is 1. The monoisotopic (exact) mass is 316 g/mol. The second-order valence-corrected chi connectivity index (χ2v) is 4.89. The Hall–Kier alpha value is -1.93. The van der Waals surface area contributed by atoms with Crippen molar-refractivity contribution in [2.45, 2.75) is 25.3 Å². The van der Waals surface area contributed by atoms with E-state index in [0.717, 1.165) is 12.3 Å². The van der Waals surface area contributed by atoms with Gasteiger partial charge in [-0.1, -0.05) is 18.2 Å². The smallest absolute Gasteiger partial charge is 0.347 e. The van der Waals surface area contributed by atoms with Gasteiger partial charge in [-0.25, -0.2) is 5.43 Å². The molecule has 1 aliphatic rings. The fraction of sp³-hybridized carbons (Fsp3) is 0.429. The molecule has 0 saturated carbocycles. The van der Waals surface area contributed by atoms with E-state index in [4.69, 9.17) is 9.47 Å². The Morgan fingerprint density at radius 1 is 1.36 bits per heavy atom. The third-order valence-electron chi connectivity index (χ3n) is 3.04. The van der Waals surface area contributed by atoms with Crippen LogP contribution in [0.2, 0.25) is 0 Å². The molecular weight excluding hydrogens is 301 g/mol. The summed E-state index contributed by atoms with van der Waals surface area (Å²) in [5.41, 5.74) is 1.22. The van der Waals surface area contributed by atoms with Gasteiger partial charge in [0.25, 0.3) is 0 Å². The summed E-state index contributed by atoms with van der Waals surface area (Å²) in [5, 5.41) is 3.55. The lowest BCUT2D eigenvalue weighted by Gasteiger charge is -2.20. The van der Waals surface area contributed by atoms with E-state index in [1.54, 1.807) is 6.92 Å². The number of ether oxygens (including phenoxy) is 2. The molecule has 8 heteroatoms. The zero-order valence-electron chi connectivity index (χ0n) is 11.8. The van der Waals surface area contributed by atoms with Crippen LogP contribution < -0.4 is 5.43 Å². The molecule has 0 bridgehead atoms. The number of benzene rings is 1. The summed E-state index contributed by atoms with van der Waals surface area (Å²) in [7, 11) is 0. The van der Waals surface area contributed by atoms with Crippen molar-refractivity contribution in [3.05, 3.63) is 35.4 Å². The summed E-state index contributed by atoms with van der Waals surface area (Å²) in [6.45, 7) is 2.40. The topological polar surface area (TPSA) is 59.9 Å². The Kier molecular flexibility index (Phi) is 4.82. The van der Waals surface area contributed by atoms with Crippen molar-refractivity contribution in [2.24, 2.45) is 5.10 Å². The van der Waals surface area contributed by atoms with Crippen molar-refractivity contribution in [3.63, 3.8) is 0 Å². The lowest BCUT2D eigenvalue weighted by Crippen LogP contribution is -2.33. The fourth-order valence-corrected chi connectivity index (χ4v) is 2.03. The standard InChI is InChI=1S/C14H15F3N2O3/c1-13(21-6-7-22-13)8-12(20)19-18-9-10-4-2-3-5-11(10)14(15,16)17/h2-5,9H,6-8H2,1H3,(H,19,20)/b18-9-. The van der Waals surface area contributed by atoms with Crippen LogP contribution in [0, 0.1) is 0 Å². The number of halogens is 3. The zero-order valence-corrected chi connectivity index (χ0v) is 11.8. The maximum absolute atomic E-state index is 12.8. The minimum atomic E-state index is -4.48. The number of alkyl halides is 3. The number of amides is 1. The number of nitrogens with one attached hydrogen (secondary N) is 1. The van der Waals surface area contributed by atoms with Crippen LogP contribution in [0.15, 0.2) is 29.4 Å². The highest BCUT2D eigenvalue weighted by Gasteiger charge is 2.34. The molecule has 1 aromatic carbocycles. The van der Waals surface area contributed by atoms with Crippen LogP contribution in [0.1, 0.15) is 24.5 Å². The second-order valence-electron chi connectivity index (χ2n) is 4.89. The van der Waals surface area contributed by atoms with Crippen molar-refractivity contribution in [1.82, 2.24) is 5.43 Å². The van der Waals surface area contributed by atoms with Gasteiger partial charge < -0.3 is 9.47 Å². The molecule has 1 saturated heterocycles. The Morgan fingerprint density at radius 3 is 2.64 bits per heavy atom. The summed E-state index contributed by atoms with van der Waals surface area (Å²) >= 11 is 0. The van der Waals surface area contributed by atoms with Gasteiger partial charge in [0.05, 0.1) is 31.4 Å². The Labute approximate surface area is 125 Å². The lowest BCUT2D eigenvalue weighted by molar-refractivity contribution is -0.159. The largest absolute Gasteiger partial charge is 0.417 e. The van der Waals surface area contributed by atoms with Gasteiger partial charge in [-0.05, 0) is 13.0 Å². The molecule has 1 aromatic rings. The molecule has 0 aromatic heterocycles. The van der Waals surface area contributed by atoms with E-state index in [1.165, 1.54) is 18.2 Å². The van der Waals surface area contributed by atoms with Gasteiger partial charge in [-0.15, -0.1) is 0 Å². The van der Waals surface area contributed by atoms with Gasteiger partial charge in [0.1, 0.15) is 0 Å². The molecule has 0 atom stereocenters. The summed E-state index contributed by atoms with van der Waals surface area (Å²) in [4.78, 5) is 11.7. The average Bonchev–Trinajstić information content (AvgIpc) is 2.84. The third kappa shape index (κ3) is 4.28. The Bertz CT molecular complexity index is 567. The number of hydrazone groups is 1. The van der Waals surface area contributed by atoms with E-state index >= 15 is 0 Å². The maximum Gasteiger partial charge on any atom is 0.417 e. The molecule has 1 aliphatic heterocycles. The van der Waals surface area contributed by atoms with E-state index in [9.17, 15) is 18.0 Å². The second kappa shape index (κ2) is 6.45. The molecule has 0 radical (unpaired) electrons. The lowest BCUT2D eigenvalue weighted by atomic mass is 10.1. The molecule has 2 rings (SSSR count). The van der Waals surface area contributed by atoms with Gasteiger partial charge in [-0.2, -0.15) is 18.3 Å². The van der Waals surface area contributed by atoms with Crippen molar-refractivity contribution >= 4 is 12.1 Å². The van der Waals surface area contributed by atoms with Crippen LogP contribution >= 0.6 is 0 Å². The zero-order chi connectivity index (χ0) is 16.2. The molecule has 1 fully saturated rings. The molecule has 1 amide bonds. The van der Waals surface area contributed by atoms with Gasteiger partial charge in [-0.3, -0.25) is 4.79 Å². The van der Waals surface area contributed by atoms with E-state index in [2.05, 4.69) is 10.5 Å². The molecule has 1 heterocycles. The minimum Gasteiger partial charge on any atom is -0.347 e. The van der Waals surface area contributed by atoms with Crippen LogP contribution in [0.3, 0.4) is 0 Å². The predicted molar refractivity (Wildman–Crippen MR) is 72.1 cm³/mol. The molecule has 22 heavy (non-hydrogen) atoms. The molecule has 5 nitrogen and oxygen atoms in total. The molecular formula is C14H15F3N2O3. The average molecular weight is 316 g/mol. The first kappa shape index (κ1) is 16.4.